The molecule has 2 aromatic carbocycles. The van der Waals surface area contributed by atoms with Crippen LogP contribution in [-0.2, 0) is 0 Å². The molecule has 0 saturated heterocycles. The first-order valence-electron chi connectivity index (χ1n) is 7.48. The largest absolute Gasteiger partial charge is 0.203 e. The average Bonchev–Trinajstić information content (AvgIpc) is 2.61. The molecule has 0 N–H and O–H groups in total. The van der Waals surface area contributed by atoms with Crippen molar-refractivity contribution in [1.29, 1.82) is 5.26 Å². The van der Waals surface area contributed by atoms with Gasteiger partial charge in [-0.3, -0.25) is 0 Å². The standard InChI is InChI=1S/C20H17F2N/c1-2-3-4-5-15-6-10-17(11-7-15)19(21)20(22)18-12-8-16(14-23)9-13-18/h4-13H,2-3H2,1H3/b5-4+,20-19-. The average molecular weight is 309 g/mol. The first-order valence-corrected chi connectivity index (χ1v) is 7.48. The third kappa shape index (κ3) is 4.37. The first-order chi connectivity index (χ1) is 11.2. The highest BCUT2D eigenvalue weighted by molar-refractivity contribution is 5.83. The van der Waals surface area contributed by atoms with Crippen LogP contribution in [-0.4, -0.2) is 0 Å². The fourth-order valence-electron chi connectivity index (χ4n) is 2.07. The Labute approximate surface area is 135 Å². The molecule has 0 aliphatic rings. The number of benzene rings is 2. The minimum absolute atomic E-state index is 0.119. The molecule has 0 atom stereocenters. The third-order valence-corrected chi connectivity index (χ3v) is 3.39. The molecule has 2 rings (SSSR count). The maximum absolute atomic E-state index is 14.3. The van der Waals surface area contributed by atoms with Crippen LogP contribution in [0.1, 0.15) is 42.0 Å². The predicted octanol–water partition coefficient (Wildman–Crippen LogP) is 6.14. The van der Waals surface area contributed by atoms with Gasteiger partial charge >= 0.3 is 0 Å². The van der Waals surface area contributed by atoms with E-state index in [0.717, 1.165) is 18.4 Å². The number of hydrogen-bond acceptors (Lipinski definition) is 1. The van der Waals surface area contributed by atoms with Crippen LogP contribution in [0.4, 0.5) is 8.78 Å². The zero-order chi connectivity index (χ0) is 16.7. The summed E-state index contributed by atoms with van der Waals surface area (Å²) in [5.74, 6) is -1.83. The summed E-state index contributed by atoms with van der Waals surface area (Å²) < 4.78 is 28.5. The molecule has 0 amide bonds. The van der Waals surface area contributed by atoms with E-state index < -0.39 is 11.7 Å². The highest BCUT2D eigenvalue weighted by Gasteiger charge is 2.11. The lowest BCUT2D eigenvalue weighted by Crippen LogP contribution is -1.85. The lowest BCUT2D eigenvalue weighted by molar-refractivity contribution is 0.700. The minimum atomic E-state index is -0.927. The van der Waals surface area contributed by atoms with E-state index in [1.54, 1.807) is 24.3 Å². The lowest BCUT2D eigenvalue weighted by Gasteiger charge is -2.03. The zero-order valence-electron chi connectivity index (χ0n) is 12.9. The van der Waals surface area contributed by atoms with Crippen molar-refractivity contribution in [3.8, 4) is 6.07 Å². The first kappa shape index (κ1) is 16.6. The van der Waals surface area contributed by atoms with Gasteiger partial charge in [0, 0.05) is 11.1 Å². The van der Waals surface area contributed by atoms with E-state index in [1.807, 2.05) is 12.1 Å². The number of allylic oxidation sites excluding steroid dienone is 1. The highest BCUT2D eigenvalue weighted by Crippen LogP contribution is 2.29. The molecule has 0 aliphatic carbocycles. The van der Waals surface area contributed by atoms with Crippen molar-refractivity contribution in [2.75, 3.05) is 0 Å². The Morgan fingerprint density at radius 2 is 1.48 bits per heavy atom. The molecule has 0 unspecified atom stereocenters. The monoisotopic (exact) mass is 309 g/mol. The fourth-order valence-corrected chi connectivity index (χ4v) is 2.07. The predicted molar refractivity (Wildman–Crippen MR) is 90.6 cm³/mol. The second kappa shape index (κ2) is 8.05. The highest BCUT2D eigenvalue weighted by atomic mass is 19.2. The van der Waals surface area contributed by atoms with Crippen LogP contribution in [0.5, 0.6) is 0 Å². The Hall–Kier alpha value is -2.73. The van der Waals surface area contributed by atoms with Crippen molar-refractivity contribution in [2.45, 2.75) is 19.8 Å². The Kier molecular flexibility index (Phi) is 5.82. The van der Waals surface area contributed by atoms with Crippen molar-refractivity contribution in [3.63, 3.8) is 0 Å². The minimum Gasteiger partial charge on any atom is -0.203 e. The number of unbranched alkanes of at least 4 members (excludes halogenated alkanes) is 1. The van der Waals surface area contributed by atoms with Crippen molar-refractivity contribution >= 4 is 17.7 Å². The second-order valence-corrected chi connectivity index (χ2v) is 5.13. The molecule has 0 bridgehead atoms. The maximum Gasteiger partial charge on any atom is 0.166 e. The topological polar surface area (TPSA) is 23.8 Å². The van der Waals surface area contributed by atoms with Crippen LogP contribution in [0.15, 0.2) is 54.6 Å². The van der Waals surface area contributed by atoms with E-state index in [9.17, 15) is 8.78 Å². The molecular weight excluding hydrogens is 292 g/mol. The Bertz CT molecular complexity index is 748. The van der Waals surface area contributed by atoms with Gasteiger partial charge in [0.15, 0.2) is 11.7 Å². The van der Waals surface area contributed by atoms with Crippen LogP contribution in [0.2, 0.25) is 0 Å². The van der Waals surface area contributed by atoms with Gasteiger partial charge < -0.3 is 0 Å². The summed E-state index contributed by atoms with van der Waals surface area (Å²) in [6, 6.07) is 14.3. The van der Waals surface area contributed by atoms with Gasteiger partial charge in [-0.2, -0.15) is 5.26 Å². The quantitative estimate of drug-likeness (QED) is 0.609. The van der Waals surface area contributed by atoms with Gasteiger partial charge in [0.2, 0.25) is 0 Å². The third-order valence-electron chi connectivity index (χ3n) is 3.39. The zero-order valence-corrected chi connectivity index (χ0v) is 12.9. The molecule has 0 saturated carbocycles. The molecule has 1 nitrogen and oxygen atoms in total. The molecule has 0 fully saturated rings. The Morgan fingerprint density at radius 3 is 1.96 bits per heavy atom. The number of nitrogens with zero attached hydrogens (tertiary/aromatic N) is 1. The van der Waals surface area contributed by atoms with Crippen LogP contribution >= 0.6 is 0 Å². The summed E-state index contributed by atoms with van der Waals surface area (Å²) in [7, 11) is 0. The van der Waals surface area contributed by atoms with E-state index >= 15 is 0 Å². The summed E-state index contributed by atoms with van der Waals surface area (Å²) in [5.41, 5.74) is 1.67. The molecule has 2 aromatic rings. The van der Waals surface area contributed by atoms with Crippen LogP contribution in [0, 0.1) is 11.3 Å². The van der Waals surface area contributed by atoms with Gasteiger partial charge in [0.05, 0.1) is 11.6 Å². The van der Waals surface area contributed by atoms with Gasteiger partial charge in [0.25, 0.3) is 0 Å². The van der Waals surface area contributed by atoms with Gasteiger partial charge in [-0.1, -0.05) is 61.9 Å². The Balaban J connectivity index is 2.23. The maximum atomic E-state index is 14.3. The molecule has 0 radical (unpaired) electrons. The van der Waals surface area contributed by atoms with E-state index in [0.29, 0.717) is 5.56 Å². The normalized spacial score (nSPS) is 12.1. The summed E-state index contributed by atoms with van der Waals surface area (Å²) in [6.45, 7) is 2.10. The van der Waals surface area contributed by atoms with E-state index in [1.165, 1.54) is 24.3 Å². The van der Waals surface area contributed by atoms with E-state index in [4.69, 9.17) is 5.26 Å². The van der Waals surface area contributed by atoms with Crippen LogP contribution < -0.4 is 0 Å². The van der Waals surface area contributed by atoms with Gasteiger partial charge in [-0.05, 0) is 24.1 Å². The number of halogens is 2. The molecular formula is C20H17F2N. The number of hydrogen-bond donors (Lipinski definition) is 0. The molecule has 116 valence electrons. The molecule has 0 aromatic heterocycles. The van der Waals surface area contributed by atoms with E-state index in [2.05, 4.69) is 13.0 Å². The van der Waals surface area contributed by atoms with Gasteiger partial charge in [-0.25, -0.2) is 8.78 Å². The van der Waals surface area contributed by atoms with Crippen molar-refractivity contribution in [2.24, 2.45) is 0 Å². The molecule has 0 spiro atoms. The summed E-state index contributed by atoms with van der Waals surface area (Å²) in [6.07, 6.45) is 6.08. The molecule has 3 heteroatoms. The lowest BCUT2D eigenvalue weighted by atomic mass is 10.1. The second-order valence-electron chi connectivity index (χ2n) is 5.13. The van der Waals surface area contributed by atoms with Gasteiger partial charge in [-0.15, -0.1) is 0 Å². The SMILES string of the molecule is CCC/C=C/c1ccc(/C(F)=C(/F)c2ccc(C#N)cc2)cc1. The van der Waals surface area contributed by atoms with Crippen molar-refractivity contribution in [3.05, 3.63) is 76.9 Å². The summed E-state index contributed by atoms with van der Waals surface area (Å²) >= 11 is 0. The Morgan fingerprint density at radius 1 is 0.957 bits per heavy atom. The van der Waals surface area contributed by atoms with Gasteiger partial charge in [0.1, 0.15) is 0 Å². The van der Waals surface area contributed by atoms with Crippen molar-refractivity contribution in [1.82, 2.24) is 0 Å². The smallest absolute Gasteiger partial charge is 0.166 e. The van der Waals surface area contributed by atoms with E-state index in [-0.39, 0.29) is 11.1 Å². The number of nitriles is 1. The molecule has 23 heavy (non-hydrogen) atoms. The molecule has 0 heterocycles. The van der Waals surface area contributed by atoms with Crippen molar-refractivity contribution < 1.29 is 8.78 Å². The van der Waals surface area contributed by atoms with Crippen LogP contribution in [0.3, 0.4) is 0 Å². The summed E-state index contributed by atoms with van der Waals surface area (Å²) in [5, 5.41) is 8.72. The summed E-state index contributed by atoms with van der Waals surface area (Å²) in [4.78, 5) is 0. The van der Waals surface area contributed by atoms with Crippen LogP contribution in [0.25, 0.3) is 17.7 Å². The molecule has 0 aliphatic heterocycles. The fraction of sp³-hybridized carbons (Fsp3) is 0.150. The number of rotatable bonds is 5.